The van der Waals surface area contributed by atoms with Gasteiger partial charge in [0.25, 0.3) is 5.91 Å². The number of rotatable bonds is 6. The number of likely N-dealkylation sites (tertiary alicyclic amines) is 1. The molecule has 26 heavy (non-hydrogen) atoms. The molecular weight excluding hydrogens is 331 g/mol. The molecule has 0 spiro atoms. The Morgan fingerprint density at radius 2 is 1.88 bits per heavy atom. The van der Waals surface area contributed by atoms with E-state index in [-0.39, 0.29) is 11.9 Å². The van der Waals surface area contributed by atoms with Crippen LogP contribution in [0.4, 0.5) is 4.39 Å². The largest absolute Gasteiger partial charge is 0.497 e. The highest BCUT2D eigenvalue weighted by Gasteiger charge is 2.26. The Labute approximate surface area is 154 Å². The van der Waals surface area contributed by atoms with Crippen LogP contribution < -0.4 is 15.0 Å². The number of benzene rings is 2. The number of amides is 1. The van der Waals surface area contributed by atoms with E-state index in [4.69, 9.17) is 4.74 Å². The first-order valence-corrected chi connectivity index (χ1v) is 9.19. The van der Waals surface area contributed by atoms with Crippen LogP contribution in [0.3, 0.4) is 0 Å². The molecule has 1 aliphatic heterocycles. The molecule has 5 heteroatoms. The van der Waals surface area contributed by atoms with Gasteiger partial charge in [-0.3, -0.25) is 4.79 Å². The normalized spacial score (nSPS) is 16.1. The van der Waals surface area contributed by atoms with E-state index in [0.717, 1.165) is 18.8 Å². The summed E-state index contributed by atoms with van der Waals surface area (Å²) in [6.45, 7) is 2.73. The van der Waals surface area contributed by atoms with Gasteiger partial charge >= 0.3 is 0 Å². The maximum Gasteiger partial charge on any atom is 0.251 e. The molecule has 1 amide bonds. The first-order valence-electron chi connectivity index (χ1n) is 9.19. The standard InChI is InChI=1S/C21H25FN2O2/c1-26-19-10-8-16(9-11-19)20(24-12-3-2-4-13-24)15-23-21(25)17-6-5-7-18(22)14-17/h5-11,14,20H,2-4,12-13,15H2,1H3,(H,23,25)/p+1/t20-/m1/s1. The predicted molar refractivity (Wildman–Crippen MR) is 99.0 cm³/mol. The molecule has 0 unspecified atom stereocenters. The van der Waals surface area contributed by atoms with Crippen LogP contribution >= 0.6 is 0 Å². The molecule has 1 heterocycles. The van der Waals surface area contributed by atoms with Crippen molar-refractivity contribution in [3.63, 3.8) is 0 Å². The van der Waals surface area contributed by atoms with Gasteiger partial charge in [-0.15, -0.1) is 0 Å². The highest BCUT2D eigenvalue weighted by Crippen LogP contribution is 2.17. The monoisotopic (exact) mass is 357 g/mol. The summed E-state index contributed by atoms with van der Waals surface area (Å²) in [7, 11) is 1.65. The van der Waals surface area contributed by atoms with Gasteiger partial charge in [0.2, 0.25) is 0 Å². The molecule has 1 aliphatic rings. The lowest BCUT2D eigenvalue weighted by Gasteiger charge is -2.32. The van der Waals surface area contributed by atoms with Gasteiger partial charge in [-0.1, -0.05) is 6.07 Å². The number of hydrogen-bond acceptors (Lipinski definition) is 2. The first kappa shape index (κ1) is 18.4. The quantitative estimate of drug-likeness (QED) is 0.834. The van der Waals surface area contributed by atoms with Gasteiger partial charge in [-0.05, 0) is 61.7 Å². The molecule has 0 aromatic heterocycles. The lowest BCUT2D eigenvalue weighted by Crippen LogP contribution is -3.13. The van der Waals surface area contributed by atoms with E-state index in [1.54, 1.807) is 19.2 Å². The Hall–Kier alpha value is -2.40. The number of carbonyl (C=O) groups is 1. The summed E-state index contributed by atoms with van der Waals surface area (Å²) < 4.78 is 18.6. The molecule has 0 radical (unpaired) electrons. The molecule has 2 aromatic rings. The van der Waals surface area contributed by atoms with Crippen LogP contribution in [0.1, 0.15) is 41.2 Å². The van der Waals surface area contributed by atoms with E-state index in [9.17, 15) is 9.18 Å². The number of carbonyl (C=O) groups excluding carboxylic acids is 1. The molecule has 2 aromatic carbocycles. The van der Waals surface area contributed by atoms with Gasteiger partial charge in [0.1, 0.15) is 17.6 Å². The Kier molecular flexibility index (Phi) is 6.23. The Morgan fingerprint density at radius 3 is 2.54 bits per heavy atom. The van der Waals surface area contributed by atoms with Crippen molar-refractivity contribution in [1.82, 2.24) is 5.32 Å². The van der Waals surface area contributed by atoms with Crippen LogP contribution in [0, 0.1) is 5.82 Å². The van der Waals surface area contributed by atoms with Gasteiger partial charge in [0, 0.05) is 11.1 Å². The zero-order chi connectivity index (χ0) is 18.4. The minimum absolute atomic E-state index is 0.179. The zero-order valence-electron chi connectivity index (χ0n) is 15.1. The minimum Gasteiger partial charge on any atom is -0.497 e. The molecule has 2 N–H and O–H groups in total. The third kappa shape index (κ3) is 4.61. The van der Waals surface area contributed by atoms with Crippen LogP contribution in [0.5, 0.6) is 5.75 Å². The summed E-state index contributed by atoms with van der Waals surface area (Å²) in [5, 5.41) is 2.99. The van der Waals surface area contributed by atoms with Crippen molar-refractivity contribution in [1.29, 1.82) is 0 Å². The average molecular weight is 357 g/mol. The Balaban J connectivity index is 1.73. The molecular formula is C21H26FN2O2+. The maximum absolute atomic E-state index is 13.4. The Bertz CT molecular complexity index is 727. The van der Waals surface area contributed by atoms with Gasteiger partial charge in [-0.25, -0.2) is 4.39 Å². The summed E-state index contributed by atoms with van der Waals surface area (Å²) in [5.41, 5.74) is 1.54. The summed E-state index contributed by atoms with van der Waals surface area (Å²) in [4.78, 5) is 13.9. The summed E-state index contributed by atoms with van der Waals surface area (Å²) in [6.07, 6.45) is 3.69. The van der Waals surface area contributed by atoms with E-state index < -0.39 is 5.82 Å². The molecule has 1 fully saturated rings. The van der Waals surface area contributed by atoms with Crippen LogP contribution in [-0.2, 0) is 0 Å². The number of halogens is 1. The number of methoxy groups -OCH3 is 1. The third-order valence-corrected chi connectivity index (χ3v) is 5.06. The van der Waals surface area contributed by atoms with Crippen molar-refractivity contribution in [2.24, 2.45) is 0 Å². The van der Waals surface area contributed by atoms with E-state index in [0.29, 0.717) is 12.1 Å². The highest BCUT2D eigenvalue weighted by atomic mass is 19.1. The van der Waals surface area contributed by atoms with Gasteiger partial charge < -0.3 is 15.0 Å². The molecule has 1 atom stereocenters. The highest BCUT2D eigenvalue weighted by molar-refractivity contribution is 5.94. The molecule has 0 saturated carbocycles. The minimum atomic E-state index is -0.397. The van der Waals surface area contributed by atoms with Crippen molar-refractivity contribution in [3.8, 4) is 5.75 Å². The SMILES string of the molecule is COc1ccc([C@@H](CNC(=O)c2cccc(F)c2)[NH+]2CCCCC2)cc1. The van der Waals surface area contributed by atoms with Gasteiger partial charge in [0.05, 0.1) is 26.7 Å². The molecule has 0 aliphatic carbocycles. The third-order valence-electron chi connectivity index (χ3n) is 5.06. The molecule has 0 bridgehead atoms. The Morgan fingerprint density at radius 1 is 1.15 bits per heavy atom. The van der Waals surface area contributed by atoms with E-state index >= 15 is 0 Å². The molecule has 138 valence electrons. The van der Waals surface area contributed by atoms with Crippen molar-refractivity contribution in [2.45, 2.75) is 25.3 Å². The molecule has 3 rings (SSSR count). The fourth-order valence-corrected chi connectivity index (χ4v) is 3.62. The smallest absolute Gasteiger partial charge is 0.251 e. The number of hydrogen-bond donors (Lipinski definition) is 2. The number of piperidine rings is 1. The van der Waals surface area contributed by atoms with E-state index in [1.807, 2.05) is 12.1 Å². The van der Waals surface area contributed by atoms with E-state index in [2.05, 4.69) is 17.4 Å². The van der Waals surface area contributed by atoms with Crippen molar-refractivity contribution in [2.75, 3.05) is 26.7 Å². The summed E-state index contributed by atoms with van der Waals surface area (Å²) in [6, 6.07) is 14.0. The topological polar surface area (TPSA) is 42.8 Å². The lowest BCUT2D eigenvalue weighted by molar-refractivity contribution is -0.935. The fraction of sp³-hybridized carbons (Fsp3) is 0.381. The second kappa shape index (κ2) is 8.81. The zero-order valence-corrected chi connectivity index (χ0v) is 15.1. The van der Waals surface area contributed by atoms with Crippen LogP contribution in [-0.4, -0.2) is 32.7 Å². The van der Waals surface area contributed by atoms with Crippen molar-refractivity contribution >= 4 is 5.91 Å². The van der Waals surface area contributed by atoms with Crippen molar-refractivity contribution < 1.29 is 18.8 Å². The van der Waals surface area contributed by atoms with Gasteiger partial charge in [-0.2, -0.15) is 0 Å². The van der Waals surface area contributed by atoms with Crippen molar-refractivity contribution in [3.05, 3.63) is 65.5 Å². The second-order valence-electron chi connectivity index (χ2n) is 6.77. The lowest BCUT2D eigenvalue weighted by atomic mass is 10.0. The fourth-order valence-electron chi connectivity index (χ4n) is 3.62. The molecule has 4 nitrogen and oxygen atoms in total. The van der Waals surface area contributed by atoms with E-state index in [1.165, 1.54) is 41.9 Å². The predicted octanol–water partition coefficient (Wildman–Crippen LogP) is 2.37. The number of ether oxygens (including phenoxy) is 1. The maximum atomic E-state index is 13.4. The van der Waals surface area contributed by atoms with Crippen LogP contribution in [0.15, 0.2) is 48.5 Å². The summed E-state index contributed by atoms with van der Waals surface area (Å²) >= 11 is 0. The van der Waals surface area contributed by atoms with Crippen LogP contribution in [0.25, 0.3) is 0 Å². The van der Waals surface area contributed by atoms with Crippen LogP contribution in [0.2, 0.25) is 0 Å². The average Bonchev–Trinajstić information content (AvgIpc) is 2.69. The number of nitrogens with one attached hydrogen (secondary N) is 2. The molecule has 1 saturated heterocycles. The first-order chi connectivity index (χ1) is 12.7. The summed E-state index contributed by atoms with van der Waals surface area (Å²) in [5.74, 6) is 0.190. The van der Waals surface area contributed by atoms with Gasteiger partial charge in [0.15, 0.2) is 0 Å². The number of quaternary nitrogens is 1. The second-order valence-corrected chi connectivity index (χ2v) is 6.77.